The number of alkyl halides is 3. The molecule has 2 rings (SSSR count). The van der Waals surface area contributed by atoms with Crippen molar-refractivity contribution in [3.63, 3.8) is 0 Å². The van der Waals surface area contributed by atoms with E-state index in [4.69, 9.17) is 5.73 Å². The first-order chi connectivity index (χ1) is 9.85. The minimum atomic E-state index is -4.80. The van der Waals surface area contributed by atoms with Crippen LogP contribution in [0, 0.1) is 0 Å². The molecular weight excluding hydrogens is 287 g/mol. The Hall–Kier alpha value is -2.77. The third-order valence-electron chi connectivity index (χ3n) is 2.38. The summed E-state index contributed by atoms with van der Waals surface area (Å²) in [6, 6.07) is 7.95. The molecule has 1 aromatic carbocycles. The SMILES string of the molecule is Nc1cccnc1C(=O)Nc1cccc(OC(F)(F)F)c1. The molecule has 1 heterocycles. The Morgan fingerprint density at radius 2 is 2.00 bits per heavy atom. The molecule has 0 atom stereocenters. The van der Waals surface area contributed by atoms with Crippen LogP contribution in [0.2, 0.25) is 0 Å². The molecule has 110 valence electrons. The molecule has 0 fully saturated rings. The number of carbonyl (C=O) groups excluding carboxylic acids is 1. The van der Waals surface area contributed by atoms with E-state index in [2.05, 4.69) is 15.0 Å². The lowest BCUT2D eigenvalue weighted by atomic mass is 10.2. The van der Waals surface area contributed by atoms with Gasteiger partial charge in [0.15, 0.2) is 5.69 Å². The number of pyridine rings is 1. The average Bonchev–Trinajstić information content (AvgIpc) is 2.37. The van der Waals surface area contributed by atoms with Gasteiger partial charge in [-0.25, -0.2) is 4.98 Å². The number of halogens is 3. The Bertz CT molecular complexity index is 659. The summed E-state index contributed by atoms with van der Waals surface area (Å²) < 4.78 is 40.1. The highest BCUT2D eigenvalue weighted by Crippen LogP contribution is 2.25. The van der Waals surface area contributed by atoms with E-state index in [9.17, 15) is 18.0 Å². The van der Waals surface area contributed by atoms with E-state index in [0.29, 0.717) is 0 Å². The van der Waals surface area contributed by atoms with Crippen molar-refractivity contribution in [3.8, 4) is 5.75 Å². The van der Waals surface area contributed by atoms with Gasteiger partial charge in [-0.3, -0.25) is 4.79 Å². The maximum atomic E-state index is 12.1. The summed E-state index contributed by atoms with van der Waals surface area (Å²) in [5, 5.41) is 2.40. The lowest BCUT2D eigenvalue weighted by Crippen LogP contribution is -2.18. The van der Waals surface area contributed by atoms with Crippen LogP contribution in [0.3, 0.4) is 0 Å². The third-order valence-corrected chi connectivity index (χ3v) is 2.38. The fourth-order valence-corrected chi connectivity index (χ4v) is 1.57. The number of rotatable bonds is 3. The van der Waals surface area contributed by atoms with Gasteiger partial charge in [0.25, 0.3) is 5.91 Å². The number of nitrogens with one attached hydrogen (secondary N) is 1. The van der Waals surface area contributed by atoms with Gasteiger partial charge >= 0.3 is 6.36 Å². The molecule has 21 heavy (non-hydrogen) atoms. The average molecular weight is 297 g/mol. The minimum Gasteiger partial charge on any atom is -0.406 e. The van der Waals surface area contributed by atoms with Crippen LogP contribution in [0.1, 0.15) is 10.5 Å². The first kappa shape index (κ1) is 14.6. The van der Waals surface area contributed by atoms with Crippen molar-refractivity contribution in [1.29, 1.82) is 0 Å². The molecule has 0 saturated carbocycles. The van der Waals surface area contributed by atoms with Crippen molar-refractivity contribution in [1.82, 2.24) is 4.98 Å². The van der Waals surface area contributed by atoms with Crippen molar-refractivity contribution < 1.29 is 22.7 Å². The van der Waals surface area contributed by atoms with Crippen LogP contribution in [-0.2, 0) is 0 Å². The van der Waals surface area contributed by atoms with Crippen LogP contribution >= 0.6 is 0 Å². The molecule has 1 amide bonds. The van der Waals surface area contributed by atoms with Crippen molar-refractivity contribution in [3.05, 3.63) is 48.3 Å². The normalized spacial score (nSPS) is 11.0. The highest BCUT2D eigenvalue weighted by atomic mass is 19.4. The van der Waals surface area contributed by atoms with Gasteiger partial charge < -0.3 is 15.8 Å². The summed E-state index contributed by atoms with van der Waals surface area (Å²) in [7, 11) is 0. The van der Waals surface area contributed by atoms with Gasteiger partial charge in [0.2, 0.25) is 0 Å². The predicted molar refractivity (Wildman–Crippen MR) is 69.7 cm³/mol. The van der Waals surface area contributed by atoms with Crippen molar-refractivity contribution >= 4 is 17.3 Å². The van der Waals surface area contributed by atoms with E-state index in [1.54, 1.807) is 6.07 Å². The van der Waals surface area contributed by atoms with Crippen LogP contribution in [0.15, 0.2) is 42.6 Å². The van der Waals surface area contributed by atoms with Crippen LogP contribution in [0.25, 0.3) is 0 Å². The molecule has 1 aromatic heterocycles. The number of ether oxygens (including phenoxy) is 1. The molecule has 8 heteroatoms. The smallest absolute Gasteiger partial charge is 0.406 e. The molecule has 0 saturated heterocycles. The topological polar surface area (TPSA) is 77.2 Å². The van der Waals surface area contributed by atoms with Gasteiger partial charge in [-0.1, -0.05) is 6.07 Å². The Labute approximate surface area is 117 Å². The van der Waals surface area contributed by atoms with Crippen molar-refractivity contribution in [2.24, 2.45) is 0 Å². The van der Waals surface area contributed by atoms with Crippen molar-refractivity contribution in [2.45, 2.75) is 6.36 Å². The zero-order chi connectivity index (χ0) is 15.5. The van der Waals surface area contributed by atoms with E-state index in [1.807, 2.05) is 0 Å². The first-order valence-electron chi connectivity index (χ1n) is 5.73. The molecule has 0 unspecified atom stereocenters. The first-order valence-corrected chi connectivity index (χ1v) is 5.73. The largest absolute Gasteiger partial charge is 0.573 e. The molecule has 0 radical (unpaired) electrons. The zero-order valence-electron chi connectivity index (χ0n) is 10.5. The highest BCUT2D eigenvalue weighted by Gasteiger charge is 2.31. The van der Waals surface area contributed by atoms with Gasteiger partial charge in [-0.2, -0.15) is 0 Å². The summed E-state index contributed by atoms with van der Waals surface area (Å²) in [6.07, 6.45) is -3.41. The fourth-order valence-electron chi connectivity index (χ4n) is 1.57. The summed E-state index contributed by atoms with van der Waals surface area (Å²) in [4.78, 5) is 15.7. The molecule has 2 aromatic rings. The summed E-state index contributed by atoms with van der Waals surface area (Å²) in [6.45, 7) is 0. The lowest BCUT2D eigenvalue weighted by molar-refractivity contribution is -0.274. The summed E-state index contributed by atoms with van der Waals surface area (Å²) >= 11 is 0. The number of nitrogen functional groups attached to an aromatic ring is 1. The number of benzene rings is 1. The molecule has 3 N–H and O–H groups in total. The van der Waals surface area contributed by atoms with E-state index in [-0.39, 0.29) is 17.1 Å². The number of nitrogens with zero attached hydrogens (tertiary/aromatic N) is 1. The van der Waals surface area contributed by atoms with E-state index < -0.39 is 18.0 Å². The minimum absolute atomic E-state index is 0.0142. The number of hydrogen-bond donors (Lipinski definition) is 2. The molecule has 0 aliphatic rings. The third kappa shape index (κ3) is 4.10. The highest BCUT2D eigenvalue weighted by molar-refractivity contribution is 6.06. The van der Waals surface area contributed by atoms with E-state index >= 15 is 0 Å². The molecule has 0 bridgehead atoms. The summed E-state index contributed by atoms with van der Waals surface area (Å²) in [5.41, 5.74) is 5.87. The quantitative estimate of drug-likeness (QED) is 0.913. The fraction of sp³-hybridized carbons (Fsp3) is 0.0769. The Morgan fingerprint density at radius 3 is 2.67 bits per heavy atom. The maximum Gasteiger partial charge on any atom is 0.573 e. The second-order valence-electron chi connectivity index (χ2n) is 3.97. The standard InChI is InChI=1S/C13H10F3N3O2/c14-13(15,16)21-9-4-1-3-8(7-9)19-12(20)11-10(17)5-2-6-18-11/h1-7H,17H2,(H,19,20). The Balaban J connectivity index is 2.15. The molecular formula is C13H10F3N3O2. The molecule has 0 spiro atoms. The van der Waals surface area contributed by atoms with Crippen molar-refractivity contribution in [2.75, 3.05) is 11.1 Å². The van der Waals surface area contributed by atoms with Gasteiger partial charge in [0.05, 0.1) is 5.69 Å². The van der Waals surface area contributed by atoms with Gasteiger partial charge in [0, 0.05) is 18.0 Å². The second kappa shape index (κ2) is 5.70. The lowest BCUT2D eigenvalue weighted by Gasteiger charge is -2.11. The molecule has 0 aliphatic carbocycles. The number of anilines is 2. The van der Waals surface area contributed by atoms with Crippen LogP contribution in [-0.4, -0.2) is 17.3 Å². The monoisotopic (exact) mass is 297 g/mol. The van der Waals surface area contributed by atoms with Crippen LogP contribution in [0.4, 0.5) is 24.5 Å². The molecule has 5 nitrogen and oxygen atoms in total. The van der Waals surface area contributed by atoms with E-state index in [0.717, 1.165) is 12.1 Å². The van der Waals surface area contributed by atoms with Crippen LogP contribution < -0.4 is 15.8 Å². The van der Waals surface area contributed by atoms with Crippen LogP contribution in [0.5, 0.6) is 5.75 Å². The zero-order valence-corrected chi connectivity index (χ0v) is 10.5. The predicted octanol–water partition coefficient (Wildman–Crippen LogP) is 2.81. The van der Waals surface area contributed by atoms with E-state index in [1.165, 1.54) is 24.4 Å². The maximum absolute atomic E-state index is 12.1. The Kier molecular flexibility index (Phi) is 3.97. The summed E-state index contributed by atoms with van der Waals surface area (Å²) in [5.74, 6) is -1.06. The number of aromatic nitrogens is 1. The van der Waals surface area contributed by atoms with Gasteiger partial charge in [-0.15, -0.1) is 13.2 Å². The Morgan fingerprint density at radius 1 is 1.24 bits per heavy atom. The van der Waals surface area contributed by atoms with Gasteiger partial charge in [-0.05, 0) is 24.3 Å². The number of amides is 1. The number of nitrogens with two attached hydrogens (primary N) is 1. The second-order valence-corrected chi connectivity index (χ2v) is 3.97. The molecule has 0 aliphatic heterocycles. The number of carbonyl (C=O) groups is 1. The number of hydrogen-bond acceptors (Lipinski definition) is 4. The van der Waals surface area contributed by atoms with Gasteiger partial charge in [0.1, 0.15) is 5.75 Å².